The standard InChI is InChI=1S/C15H24O8/c1-5-10(7(2)16)15(8(3)17,9(4)18)23-13-12(20)11(19)6-22-14(13)21/h10-14,19-21H,5-6H2,1-4H3/t10?,11-,12+,13-,14-/m1/s1. The monoisotopic (exact) mass is 332 g/mol. The van der Waals surface area contributed by atoms with Crippen molar-refractivity contribution < 1.29 is 39.2 Å². The third kappa shape index (κ3) is 3.67. The molecule has 0 aliphatic carbocycles. The van der Waals surface area contributed by atoms with E-state index in [0.29, 0.717) is 0 Å². The van der Waals surface area contributed by atoms with E-state index in [1.54, 1.807) is 6.92 Å². The van der Waals surface area contributed by atoms with E-state index in [-0.39, 0.29) is 13.0 Å². The molecule has 1 aliphatic heterocycles. The lowest BCUT2D eigenvalue weighted by atomic mass is 9.76. The SMILES string of the molecule is CCC(C(C)=O)C(O[C@@H]1[C@@H](O)[C@H](O)CO[C@H]1O)(C(C)=O)C(C)=O. The van der Waals surface area contributed by atoms with E-state index in [1.807, 2.05) is 0 Å². The second kappa shape index (κ2) is 7.59. The van der Waals surface area contributed by atoms with E-state index >= 15 is 0 Å². The molecule has 1 unspecified atom stereocenters. The van der Waals surface area contributed by atoms with Crippen LogP contribution in [-0.2, 0) is 23.9 Å². The number of hydrogen-bond acceptors (Lipinski definition) is 8. The maximum atomic E-state index is 12.2. The molecule has 3 N–H and O–H groups in total. The van der Waals surface area contributed by atoms with E-state index < -0.39 is 53.5 Å². The van der Waals surface area contributed by atoms with Crippen LogP contribution in [-0.4, -0.2) is 69.5 Å². The van der Waals surface area contributed by atoms with Crippen molar-refractivity contribution in [3.8, 4) is 0 Å². The van der Waals surface area contributed by atoms with Gasteiger partial charge in [-0.05, 0) is 27.2 Å². The van der Waals surface area contributed by atoms with Gasteiger partial charge in [-0.2, -0.15) is 0 Å². The molecule has 1 heterocycles. The minimum Gasteiger partial charge on any atom is -0.388 e. The Kier molecular flexibility index (Phi) is 6.55. The third-order valence-electron chi connectivity index (χ3n) is 4.21. The smallest absolute Gasteiger partial charge is 0.193 e. The normalized spacial score (nSPS) is 29.9. The second-order valence-corrected chi connectivity index (χ2v) is 5.78. The van der Waals surface area contributed by atoms with E-state index in [9.17, 15) is 29.7 Å². The summed E-state index contributed by atoms with van der Waals surface area (Å²) in [7, 11) is 0. The first-order valence-electron chi connectivity index (χ1n) is 7.45. The van der Waals surface area contributed by atoms with Crippen LogP contribution in [0, 0.1) is 5.92 Å². The average Bonchev–Trinajstić information content (AvgIpc) is 2.45. The van der Waals surface area contributed by atoms with Gasteiger partial charge in [0.25, 0.3) is 0 Å². The van der Waals surface area contributed by atoms with Gasteiger partial charge in [0.1, 0.15) is 24.1 Å². The summed E-state index contributed by atoms with van der Waals surface area (Å²) in [6.07, 6.45) is -5.95. The molecule has 0 radical (unpaired) electrons. The minimum atomic E-state index is -2.15. The molecule has 8 heteroatoms. The first-order valence-corrected chi connectivity index (χ1v) is 7.45. The topological polar surface area (TPSA) is 130 Å². The molecule has 132 valence electrons. The number of hydrogen-bond donors (Lipinski definition) is 3. The molecule has 0 aromatic carbocycles. The van der Waals surface area contributed by atoms with Gasteiger partial charge in [-0.1, -0.05) is 6.92 Å². The van der Waals surface area contributed by atoms with E-state index in [0.717, 1.165) is 13.8 Å². The highest BCUT2D eigenvalue weighted by atomic mass is 16.7. The number of rotatable bonds is 7. The fraction of sp³-hybridized carbons (Fsp3) is 0.800. The van der Waals surface area contributed by atoms with Crippen LogP contribution < -0.4 is 0 Å². The Bertz CT molecular complexity index is 460. The molecule has 1 rings (SSSR count). The highest BCUT2D eigenvalue weighted by Gasteiger charge is 2.54. The molecule has 1 fully saturated rings. The molecule has 0 aromatic rings. The molecule has 0 amide bonds. The number of ether oxygens (including phenoxy) is 2. The summed E-state index contributed by atoms with van der Waals surface area (Å²) in [6.45, 7) is 4.74. The molecule has 1 saturated heterocycles. The van der Waals surface area contributed by atoms with Crippen LogP contribution in [0.4, 0.5) is 0 Å². The van der Waals surface area contributed by atoms with Crippen LogP contribution in [0.2, 0.25) is 0 Å². The van der Waals surface area contributed by atoms with Gasteiger partial charge in [0, 0.05) is 0 Å². The molecule has 23 heavy (non-hydrogen) atoms. The summed E-state index contributed by atoms with van der Waals surface area (Å²) in [5.74, 6) is -2.94. The van der Waals surface area contributed by atoms with E-state index in [4.69, 9.17) is 9.47 Å². The van der Waals surface area contributed by atoms with Crippen LogP contribution in [0.1, 0.15) is 34.1 Å². The summed E-state index contributed by atoms with van der Waals surface area (Å²) in [6, 6.07) is 0. The predicted molar refractivity (Wildman–Crippen MR) is 77.4 cm³/mol. The van der Waals surface area contributed by atoms with Gasteiger partial charge in [0.2, 0.25) is 0 Å². The van der Waals surface area contributed by atoms with Gasteiger partial charge in [0.05, 0.1) is 12.5 Å². The lowest BCUT2D eigenvalue weighted by molar-refractivity contribution is -0.285. The molecule has 0 bridgehead atoms. The summed E-state index contributed by atoms with van der Waals surface area (Å²) in [5.41, 5.74) is -2.15. The number of ketones is 3. The fourth-order valence-electron chi connectivity index (χ4n) is 2.97. The molecule has 0 spiro atoms. The van der Waals surface area contributed by atoms with Crippen molar-refractivity contribution in [1.29, 1.82) is 0 Å². The van der Waals surface area contributed by atoms with E-state index in [2.05, 4.69) is 0 Å². The number of aliphatic hydroxyl groups excluding tert-OH is 3. The van der Waals surface area contributed by atoms with Crippen LogP contribution in [0.15, 0.2) is 0 Å². The van der Waals surface area contributed by atoms with Crippen LogP contribution in [0.3, 0.4) is 0 Å². The van der Waals surface area contributed by atoms with Crippen molar-refractivity contribution in [2.24, 2.45) is 5.92 Å². The average molecular weight is 332 g/mol. The Labute approximate surface area is 134 Å². The summed E-state index contributed by atoms with van der Waals surface area (Å²) < 4.78 is 10.4. The highest BCUT2D eigenvalue weighted by Crippen LogP contribution is 2.33. The van der Waals surface area contributed by atoms with Crippen molar-refractivity contribution in [2.45, 2.75) is 64.3 Å². The molecular formula is C15H24O8. The molecule has 8 nitrogen and oxygen atoms in total. The Morgan fingerprint density at radius 1 is 1.17 bits per heavy atom. The maximum Gasteiger partial charge on any atom is 0.193 e. The zero-order valence-electron chi connectivity index (χ0n) is 13.7. The van der Waals surface area contributed by atoms with Gasteiger partial charge < -0.3 is 24.8 Å². The first kappa shape index (κ1) is 19.9. The third-order valence-corrected chi connectivity index (χ3v) is 4.21. The predicted octanol–water partition coefficient (Wildman–Crippen LogP) is -1.03. The van der Waals surface area contributed by atoms with Crippen molar-refractivity contribution >= 4 is 17.3 Å². The van der Waals surface area contributed by atoms with E-state index in [1.165, 1.54) is 6.92 Å². The maximum absolute atomic E-state index is 12.2. The summed E-state index contributed by atoms with van der Waals surface area (Å²) in [4.78, 5) is 36.3. The minimum absolute atomic E-state index is 0.150. The van der Waals surface area contributed by atoms with Gasteiger partial charge in [0.15, 0.2) is 23.5 Å². The Hall–Kier alpha value is -1.19. The lowest BCUT2D eigenvalue weighted by Crippen LogP contribution is -2.63. The lowest BCUT2D eigenvalue weighted by Gasteiger charge is -2.43. The number of aliphatic hydroxyl groups is 3. The van der Waals surface area contributed by atoms with Crippen molar-refractivity contribution in [1.82, 2.24) is 0 Å². The highest BCUT2D eigenvalue weighted by molar-refractivity contribution is 6.12. The number of Topliss-reactive ketones (excluding diaryl/α,β-unsaturated/α-hetero) is 3. The summed E-state index contributed by atoms with van der Waals surface area (Å²) in [5, 5.41) is 29.5. The van der Waals surface area contributed by atoms with Gasteiger partial charge in [-0.15, -0.1) is 0 Å². The van der Waals surface area contributed by atoms with Crippen molar-refractivity contribution in [3.63, 3.8) is 0 Å². The Morgan fingerprint density at radius 3 is 2.09 bits per heavy atom. The van der Waals surface area contributed by atoms with Crippen LogP contribution in [0.5, 0.6) is 0 Å². The van der Waals surface area contributed by atoms with Gasteiger partial charge in [-0.25, -0.2) is 0 Å². The molecular weight excluding hydrogens is 308 g/mol. The second-order valence-electron chi connectivity index (χ2n) is 5.78. The largest absolute Gasteiger partial charge is 0.388 e. The summed E-state index contributed by atoms with van der Waals surface area (Å²) >= 11 is 0. The van der Waals surface area contributed by atoms with Crippen LogP contribution in [0.25, 0.3) is 0 Å². The van der Waals surface area contributed by atoms with Crippen molar-refractivity contribution in [3.05, 3.63) is 0 Å². The van der Waals surface area contributed by atoms with Gasteiger partial charge >= 0.3 is 0 Å². The quantitative estimate of drug-likeness (QED) is 0.505. The van der Waals surface area contributed by atoms with Crippen LogP contribution >= 0.6 is 0 Å². The molecule has 1 aliphatic rings. The number of carbonyl (C=O) groups excluding carboxylic acids is 3. The fourth-order valence-corrected chi connectivity index (χ4v) is 2.97. The Morgan fingerprint density at radius 2 is 1.70 bits per heavy atom. The Balaban J connectivity index is 3.32. The molecule has 5 atom stereocenters. The molecule has 0 aromatic heterocycles. The van der Waals surface area contributed by atoms with Gasteiger partial charge in [-0.3, -0.25) is 14.4 Å². The zero-order valence-corrected chi connectivity index (χ0v) is 13.7. The molecule has 0 saturated carbocycles. The first-order chi connectivity index (χ1) is 10.6. The zero-order chi connectivity index (χ0) is 17.9. The number of carbonyl (C=O) groups is 3. The van der Waals surface area contributed by atoms with Crippen molar-refractivity contribution in [2.75, 3.05) is 6.61 Å².